The number of hydrogen-bond donors (Lipinski definition) is 2. The lowest BCUT2D eigenvalue weighted by molar-refractivity contribution is 0.415. The number of thiazole rings is 1. The van der Waals surface area contributed by atoms with E-state index in [4.69, 9.17) is 9.72 Å². The zero-order chi connectivity index (χ0) is 18.6. The Morgan fingerprint density at radius 2 is 2.00 bits per heavy atom. The molecule has 27 heavy (non-hydrogen) atoms. The lowest BCUT2D eigenvalue weighted by Crippen LogP contribution is -2.37. The van der Waals surface area contributed by atoms with Crippen molar-refractivity contribution in [2.24, 2.45) is 4.99 Å². The fraction of sp³-hybridized carbons (Fsp3) is 0.474. The zero-order valence-corrected chi connectivity index (χ0v) is 20.1. The van der Waals surface area contributed by atoms with E-state index in [0.717, 1.165) is 47.5 Å². The largest absolute Gasteiger partial charge is 0.497 e. The van der Waals surface area contributed by atoms with Crippen molar-refractivity contribution in [3.63, 3.8) is 0 Å². The molecule has 0 atom stereocenters. The number of unbranched alkanes of at least 4 members (excludes halogenated alkanes) is 1. The lowest BCUT2D eigenvalue weighted by atomic mass is 10.2. The Bertz CT molecular complexity index is 677. The third-order valence-electron chi connectivity index (χ3n) is 3.70. The number of rotatable bonds is 10. The number of guanidine groups is 1. The van der Waals surface area contributed by atoms with Gasteiger partial charge in [0.25, 0.3) is 0 Å². The monoisotopic (exact) mass is 520 g/mol. The molecule has 0 aliphatic heterocycles. The van der Waals surface area contributed by atoms with E-state index in [1.807, 2.05) is 36.0 Å². The van der Waals surface area contributed by atoms with Gasteiger partial charge in [-0.15, -0.1) is 35.3 Å². The van der Waals surface area contributed by atoms with E-state index >= 15 is 0 Å². The highest BCUT2D eigenvalue weighted by Crippen LogP contribution is 2.25. The average Bonchev–Trinajstić information content (AvgIpc) is 3.15. The van der Waals surface area contributed by atoms with Gasteiger partial charge in [0.2, 0.25) is 0 Å². The van der Waals surface area contributed by atoms with Crippen LogP contribution >= 0.6 is 47.1 Å². The summed E-state index contributed by atoms with van der Waals surface area (Å²) in [6, 6.07) is 7.98. The van der Waals surface area contributed by atoms with Crippen LogP contribution in [0.25, 0.3) is 10.6 Å². The Morgan fingerprint density at radius 1 is 1.22 bits per heavy atom. The van der Waals surface area contributed by atoms with E-state index in [-0.39, 0.29) is 24.0 Å². The molecule has 0 amide bonds. The van der Waals surface area contributed by atoms with E-state index < -0.39 is 0 Å². The lowest BCUT2D eigenvalue weighted by Gasteiger charge is -2.10. The van der Waals surface area contributed by atoms with Crippen molar-refractivity contribution in [3.8, 4) is 16.3 Å². The molecule has 150 valence electrons. The zero-order valence-electron chi connectivity index (χ0n) is 16.2. The van der Waals surface area contributed by atoms with Crippen LogP contribution in [-0.2, 0) is 6.54 Å². The maximum absolute atomic E-state index is 5.20. The molecule has 1 heterocycles. The van der Waals surface area contributed by atoms with Gasteiger partial charge in [-0.05, 0) is 56.0 Å². The highest BCUT2D eigenvalue weighted by Gasteiger charge is 2.05. The first kappa shape index (κ1) is 24.0. The number of halogens is 1. The predicted molar refractivity (Wildman–Crippen MR) is 130 cm³/mol. The van der Waals surface area contributed by atoms with E-state index in [1.165, 1.54) is 12.2 Å². The molecule has 2 N–H and O–H groups in total. The fourth-order valence-corrected chi connectivity index (χ4v) is 3.64. The molecule has 5 nitrogen and oxygen atoms in total. The summed E-state index contributed by atoms with van der Waals surface area (Å²) in [5.41, 5.74) is 2.09. The summed E-state index contributed by atoms with van der Waals surface area (Å²) in [6.45, 7) is 4.45. The van der Waals surface area contributed by atoms with Crippen molar-refractivity contribution in [1.29, 1.82) is 0 Å². The van der Waals surface area contributed by atoms with Gasteiger partial charge in [0, 0.05) is 24.0 Å². The Morgan fingerprint density at radius 3 is 2.67 bits per heavy atom. The molecule has 0 unspecified atom stereocenters. The van der Waals surface area contributed by atoms with Gasteiger partial charge in [0.15, 0.2) is 5.96 Å². The Hall–Kier alpha value is -1.00. The van der Waals surface area contributed by atoms with Crippen LogP contribution in [0.15, 0.2) is 34.6 Å². The SMILES string of the molecule is CCNC(=NCc1csc(-c2ccc(OC)cc2)n1)NCCCCSC.I. The number of ether oxygens (including phenoxy) is 1. The standard InChI is InChI=1S/C19H28N4OS2.HI/c1-4-20-19(21-11-5-6-12-25-3)22-13-16-14-26-18(23-16)15-7-9-17(24-2)10-8-15;/h7-10,14H,4-6,11-13H2,1-3H3,(H2,20,21,22);1H. The Kier molecular flexibility index (Phi) is 12.5. The van der Waals surface area contributed by atoms with Crippen molar-refractivity contribution >= 4 is 53.0 Å². The molecule has 0 radical (unpaired) electrons. The number of nitrogens with one attached hydrogen (secondary N) is 2. The highest BCUT2D eigenvalue weighted by atomic mass is 127. The van der Waals surface area contributed by atoms with Crippen LogP contribution in [0, 0.1) is 0 Å². The second-order valence-corrected chi connectivity index (χ2v) is 7.54. The molecular weight excluding hydrogens is 491 g/mol. The van der Waals surface area contributed by atoms with Crippen molar-refractivity contribution < 1.29 is 4.74 Å². The molecule has 0 spiro atoms. The molecule has 1 aromatic carbocycles. The molecule has 0 aliphatic rings. The Balaban J connectivity index is 0.00000364. The molecule has 2 aromatic rings. The normalized spacial score (nSPS) is 11.0. The summed E-state index contributed by atoms with van der Waals surface area (Å²) in [6.07, 6.45) is 4.53. The van der Waals surface area contributed by atoms with Crippen LogP contribution in [0.2, 0.25) is 0 Å². The maximum Gasteiger partial charge on any atom is 0.191 e. The number of hydrogen-bond acceptors (Lipinski definition) is 5. The third kappa shape index (κ3) is 8.69. The third-order valence-corrected chi connectivity index (χ3v) is 5.34. The average molecular weight is 521 g/mol. The van der Waals surface area contributed by atoms with E-state index in [0.29, 0.717) is 6.54 Å². The van der Waals surface area contributed by atoms with Gasteiger partial charge in [-0.1, -0.05) is 0 Å². The minimum Gasteiger partial charge on any atom is -0.497 e. The molecule has 0 fully saturated rings. The molecular formula is C19H29IN4OS2. The smallest absolute Gasteiger partial charge is 0.191 e. The number of thioether (sulfide) groups is 1. The highest BCUT2D eigenvalue weighted by molar-refractivity contribution is 14.0. The second kappa shape index (κ2) is 14.1. The van der Waals surface area contributed by atoms with Crippen molar-refractivity contribution in [2.45, 2.75) is 26.3 Å². The van der Waals surface area contributed by atoms with Crippen molar-refractivity contribution in [2.75, 3.05) is 32.2 Å². The van der Waals surface area contributed by atoms with Crippen LogP contribution < -0.4 is 15.4 Å². The molecule has 1 aromatic heterocycles. The molecule has 0 aliphatic carbocycles. The summed E-state index contributed by atoms with van der Waals surface area (Å²) in [5.74, 6) is 2.92. The number of nitrogens with zero attached hydrogens (tertiary/aromatic N) is 2. The molecule has 8 heteroatoms. The van der Waals surface area contributed by atoms with Crippen LogP contribution in [0.5, 0.6) is 5.75 Å². The van der Waals surface area contributed by atoms with Gasteiger partial charge in [0.1, 0.15) is 10.8 Å². The van der Waals surface area contributed by atoms with Gasteiger partial charge >= 0.3 is 0 Å². The predicted octanol–water partition coefficient (Wildman–Crippen LogP) is 4.64. The first-order chi connectivity index (χ1) is 12.8. The molecule has 0 saturated heterocycles. The minimum atomic E-state index is 0. The summed E-state index contributed by atoms with van der Waals surface area (Å²) >= 11 is 3.54. The number of aromatic nitrogens is 1. The molecule has 0 bridgehead atoms. The van der Waals surface area contributed by atoms with E-state index in [1.54, 1.807) is 18.4 Å². The minimum absolute atomic E-state index is 0. The number of methoxy groups -OCH3 is 1. The Labute approximate surface area is 187 Å². The summed E-state index contributed by atoms with van der Waals surface area (Å²) in [7, 11) is 1.67. The van der Waals surface area contributed by atoms with Gasteiger partial charge < -0.3 is 15.4 Å². The van der Waals surface area contributed by atoms with Crippen LogP contribution in [-0.4, -0.2) is 43.2 Å². The van der Waals surface area contributed by atoms with Crippen molar-refractivity contribution in [1.82, 2.24) is 15.6 Å². The topological polar surface area (TPSA) is 58.5 Å². The summed E-state index contributed by atoms with van der Waals surface area (Å²) in [5, 5.41) is 9.76. The summed E-state index contributed by atoms with van der Waals surface area (Å²) in [4.78, 5) is 9.35. The van der Waals surface area contributed by atoms with Crippen LogP contribution in [0.1, 0.15) is 25.5 Å². The quantitative estimate of drug-likeness (QED) is 0.207. The van der Waals surface area contributed by atoms with Gasteiger partial charge in [-0.2, -0.15) is 11.8 Å². The first-order valence-corrected chi connectivity index (χ1v) is 11.1. The maximum atomic E-state index is 5.20. The van der Waals surface area contributed by atoms with Gasteiger partial charge in [-0.3, -0.25) is 0 Å². The van der Waals surface area contributed by atoms with E-state index in [9.17, 15) is 0 Å². The van der Waals surface area contributed by atoms with Gasteiger partial charge in [-0.25, -0.2) is 9.98 Å². The number of aliphatic imine (C=N–C) groups is 1. The van der Waals surface area contributed by atoms with Crippen molar-refractivity contribution in [3.05, 3.63) is 35.3 Å². The molecule has 0 saturated carbocycles. The fourth-order valence-electron chi connectivity index (χ4n) is 2.33. The molecule has 2 rings (SSSR count). The second-order valence-electron chi connectivity index (χ2n) is 5.69. The van der Waals surface area contributed by atoms with E-state index in [2.05, 4.69) is 34.2 Å². The van der Waals surface area contributed by atoms with Gasteiger partial charge in [0.05, 0.1) is 19.3 Å². The van der Waals surface area contributed by atoms with Crippen LogP contribution in [0.3, 0.4) is 0 Å². The summed E-state index contributed by atoms with van der Waals surface area (Å²) < 4.78 is 5.20. The number of benzene rings is 1. The van der Waals surface area contributed by atoms with Crippen LogP contribution in [0.4, 0.5) is 0 Å². The first-order valence-electron chi connectivity index (χ1n) is 8.86.